The van der Waals surface area contributed by atoms with Gasteiger partial charge in [0.15, 0.2) is 0 Å². The number of carbonyl (C=O) groups is 2. The number of pyridine rings is 1. The number of benzene rings is 2. The number of urea groups is 1. The van der Waals surface area contributed by atoms with Gasteiger partial charge in [-0.3, -0.25) is 9.69 Å². The van der Waals surface area contributed by atoms with Crippen LogP contribution in [0.2, 0.25) is 0 Å². The molecule has 3 amide bonds. The predicted octanol–water partition coefficient (Wildman–Crippen LogP) is 5.55. The molecule has 0 radical (unpaired) electrons. The van der Waals surface area contributed by atoms with Crippen molar-refractivity contribution >= 4 is 35.1 Å². The minimum Gasteiger partial charge on any atom is -0.457 e. The molecule has 1 aromatic heterocycles. The minimum atomic E-state index is -0.455. The highest BCUT2D eigenvalue weighted by atomic mass is 32.2. The monoisotopic (exact) mass is 543 g/mol. The van der Waals surface area contributed by atoms with E-state index in [4.69, 9.17) is 4.74 Å². The standard InChI is InChI=1S/C30H33N5O3S/c1-3-15-34-16-7-8-20(18-34)32-28(36)27-26-25-24(13-14-31-29(25)39-27)35(30(37)33-26)23-12-11-22(17-19(23)2)38-21-9-5-4-6-10-21/h4-6,9-14,17,20,26-27H,3,7-8,15-16,18H2,1-2H3,(H,32,36)(H,33,37)/t20?,26?,27-/m1/s1. The second-order valence-corrected chi connectivity index (χ2v) is 11.5. The Balaban J connectivity index is 1.23. The van der Waals surface area contributed by atoms with Crippen LogP contribution in [0.1, 0.15) is 43.4 Å². The van der Waals surface area contributed by atoms with Crippen LogP contribution in [-0.2, 0) is 4.79 Å². The Labute approximate surface area is 233 Å². The van der Waals surface area contributed by atoms with Gasteiger partial charge in [-0.25, -0.2) is 9.78 Å². The van der Waals surface area contributed by atoms with Gasteiger partial charge < -0.3 is 20.3 Å². The molecule has 3 aliphatic rings. The van der Waals surface area contributed by atoms with Gasteiger partial charge in [0, 0.05) is 24.3 Å². The van der Waals surface area contributed by atoms with E-state index >= 15 is 0 Å². The lowest BCUT2D eigenvalue weighted by Gasteiger charge is -2.36. The molecule has 4 heterocycles. The first kappa shape index (κ1) is 25.7. The van der Waals surface area contributed by atoms with Crippen LogP contribution in [-0.4, -0.2) is 52.7 Å². The van der Waals surface area contributed by atoms with Gasteiger partial charge in [-0.15, -0.1) is 0 Å². The zero-order valence-corrected chi connectivity index (χ0v) is 23.0. The number of rotatable bonds is 7. The van der Waals surface area contributed by atoms with Crippen LogP contribution in [0.4, 0.5) is 16.2 Å². The summed E-state index contributed by atoms with van der Waals surface area (Å²) in [4.78, 5) is 35.7. The lowest BCUT2D eigenvalue weighted by Crippen LogP contribution is -2.53. The number of thioether (sulfide) groups is 1. The molecule has 39 heavy (non-hydrogen) atoms. The number of nitrogens with one attached hydrogen (secondary N) is 2. The Morgan fingerprint density at radius 1 is 1.15 bits per heavy atom. The smallest absolute Gasteiger partial charge is 0.327 e. The molecule has 0 bridgehead atoms. The summed E-state index contributed by atoms with van der Waals surface area (Å²) in [5.41, 5.74) is 3.33. The number of nitrogens with zero attached hydrogens (tertiary/aromatic N) is 3. The van der Waals surface area contributed by atoms with Gasteiger partial charge in [0.05, 0.1) is 17.4 Å². The van der Waals surface area contributed by atoms with Crippen molar-refractivity contribution in [2.45, 2.75) is 55.5 Å². The van der Waals surface area contributed by atoms with E-state index in [1.54, 1.807) is 11.1 Å². The minimum absolute atomic E-state index is 0.0374. The number of anilines is 2. The molecule has 0 aliphatic carbocycles. The Kier molecular flexibility index (Phi) is 7.18. The molecule has 1 fully saturated rings. The summed E-state index contributed by atoms with van der Waals surface area (Å²) in [6.45, 7) is 7.16. The first-order chi connectivity index (χ1) is 19.0. The second kappa shape index (κ2) is 10.9. The predicted molar refractivity (Wildman–Crippen MR) is 153 cm³/mol. The number of aromatic nitrogens is 1. The normalized spacial score (nSPS) is 22.3. The van der Waals surface area contributed by atoms with Crippen molar-refractivity contribution in [1.29, 1.82) is 0 Å². The van der Waals surface area contributed by atoms with Crippen LogP contribution in [0.5, 0.6) is 11.5 Å². The third-order valence-corrected chi connectivity index (χ3v) is 8.83. The summed E-state index contributed by atoms with van der Waals surface area (Å²) in [5, 5.41) is 6.74. The molecule has 8 nitrogen and oxygen atoms in total. The molecule has 3 atom stereocenters. The maximum atomic E-state index is 13.6. The summed E-state index contributed by atoms with van der Waals surface area (Å²) < 4.78 is 5.99. The van der Waals surface area contributed by atoms with E-state index in [0.29, 0.717) is 5.75 Å². The van der Waals surface area contributed by atoms with Gasteiger partial charge in [-0.05, 0) is 81.2 Å². The summed E-state index contributed by atoms with van der Waals surface area (Å²) in [7, 11) is 0. The van der Waals surface area contributed by atoms with E-state index in [2.05, 4.69) is 27.4 Å². The molecular formula is C30H33N5O3S. The van der Waals surface area contributed by atoms with Crippen molar-refractivity contribution in [2.75, 3.05) is 24.5 Å². The van der Waals surface area contributed by atoms with Crippen molar-refractivity contribution in [3.8, 4) is 11.5 Å². The summed E-state index contributed by atoms with van der Waals surface area (Å²) >= 11 is 1.44. The SMILES string of the molecule is CCCN1CCCC(NC(=O)[C@@H]2Sc3nccc4c3C2NC(=O)N4c2ccc(Oc3ccccc3)cc2C)C1. The zero-order chi connectivity index (χ0) is 26.9. The van der Waals surface area contributed by atoms with E-state index in [1.165, 1.54) is 11.8 Å². The quantitative estimate of drug-likeness (QED) is 0.406. The molecule has 3 aromatic rings. The average Bonchev–Trinajstić information content (AvgIpc) is 3.30. The topological polar surface area (TPSA) is 86.8 Å². The van der Waals surface area contributed by atoms with Gasteiger partial charge in [-0.1, -0.05) is 36.9 Å². The number of hydrogen-bond donors (Lipinski definition) is 2. The number of amides is 3. The van der Waals surface area contributed by atoms with Crippen LogP contribution in [0.15, 0.2) is 65.8 Å². The number of hydrogen-bond acceptors (Lipinski definition) is 6. The van der Waals surface area contributed by atoms with Crippen molar-refractivity contribution in [3.05, 3.63) is 71.9 Å². The Morgan fingerprint density at radius 2 is 2.00 bits per heavy atom. The van der Waals surface area contributed by atoms with Gasteiger partial charge >= 0.3 is 6.03 Å². The summed E-state index contributed by atoms with van der Waals surface area (Å²) in [5.74, 6) is 1.41. The van der Waals surface area contributed by atoms with Crippen molar-refractivity contribution in [3.63, 3.8) is 0 Å². The Morgan fingerprint density at radius 3 is 2.79 bits per heavy atom. The fourth-order valence-electron chi connectivity index (χ4n) is 5.81. The highest BCUT2D eigenvalue weighted by Gasteiger charge is 2.47. The largest absolute Gasteiger partial charge is 0.457 e. The number of para-hydroxylation sites is 1. The number of ether oxygens (including phenoxy) is 1. The zero-order valence-electron chi connectivity index (χ0n) is 22.2. The Hall–Kier alpha value is -3.56. The maximum absolute atomic E-state index is 13.6. The lowest BCUT2D eigenvalue weighted by atomic mass is 9.98. The van der Waals surface area contributed by atoms with E-state index in [1.807, 2.05) is 61.5 Å². The molecule has 2 N–H and O–H groups in total. The first-order valence-electron chi connectivity index (χ1n) is 13.6. The van der Waals surface area contributed by atoms with Gasteiger partial charge in [0.2, 0.25) is 5.91 Å². The lowest BCUT2D eigenvalue weighted by molar-refractivity contribution is -0.122. The molecule has 202 valence electrons. The summed E-state index contributed by atoms with van der Waals surface area (Å²) in [6.07, 6.45) is 4.89. The van der Waals surface area contributed by atoms with Crippen LogP contribution in [0, 0.1) is 6.92 Å². The molecular weight excluding hydrogens is 510 g/mol. The molecule has 6 rings (SSSR count). The van der Waals surface area contributed by atoms with E-state index in [9.17, 15) is 9.59 Å². The molecule has 0 saturated carbocycles. The number of aryl methyl sites for hydroxylation is 1. The van der Waals surface area contributed by atoms with Gasteiger partial charge in [-0.2, -0.15) is 0 Å². The van der Waals surface area contributed by atoms with Crippen LogP contribution in [0.3, 0.4) is 0 Å². The van der Waals surface area contributed by atoms with Crippen molar-refractivity contribution in [2.24, 2.45) is 0 Å². The molecule has 9 heteroatoms. The van der Waals surface area contributed by atoms with Crippen LogP contribution >= 0.6 is 11.8 Å². The van der Waals surface area contributed by atoms with Gasteiger partial charge in [0.25, 0.3) is 0 Å². The van der Waals surface area contributed by atoms with Gasteiger partial charge in [0.1, 0.15) is 21.8 Å². The highest BCUT2D eigenvalue weighted by Crippen LogP contribution is 2.51. The second-order valence-electron chi connectivity index (χ2n) is 10.4. The molecule has 0 spiro atoms. The maximum Gasteiger partial charge on any atom is 0.327 e. The number of piperidine rings is 1. The molecule has 1 saturated heterocycles. The van der Waals surface area contributed by atoms with Crippen molar-refractivity contribution in [1.82, 2.24) is 20.5 Å². The molecule has 2 aromatic carbocycles. The van der Waals surface area contributed by atoms with Crippen LogP contribution < -0.4 is 20.3 Å². The molecule has 3 aliphatic heterocycles. The van der Waals surface area contributed by atoms with Crippen molar-refractivity contribution < 1.29 is 14.3 Å². The summed E-state index contributed by atoms with van der Waals surface area (Å²) in [6, 6.07) is 16.6. The number of likely N-dealkylation sites (tertiary alicyclic amines) is 1. The fourth-order valence-corrected chi connectivity index (χ4v) is 7.04. The fraction of sp³-hybridized carbons (Fsp3) is 0.367. The van der Waals surface area contributed by atoms with E-state index < -0.39 is 11.3 Å². The van der Waals surface area contributed by atoms with E-state index in [0.717, 1.165) is 72.2 Å². The first-order valence-corrected chi connectivity index (χ1v) is 14.5. The van der Waals surface area contributed by atoms with Crippen LogP contribution in [0.25, 0.3) is 0 Å². The highest BCUT2D eigenvalue weighted by molar-refractivity contribution is 8.01. The third-order valence-electron chi connectivity index (χ3n) is 7.54. The Bertz CT molecular complexity index is 1380. The third kappa shape index (κ3) is 5.08. The van der Waals surface area contributed by atoms with E-state index in [-0.39, 0.29) is 18.0 Å². The number of carbonyl (C=O) groups excluding carboxylic acids is 2. The molecule has 2 unspecified atom stereocenters. The average molecular weight is 544 g/mol.